The van der Waals surface area contributed by atoms with Crippen LogP contribution in [0.3, 0.4) is 0 Å². The normalized spacial score (nSPS) is 24.7. The zero-order valence-electron chi connectivity index (χ0n) is 12.4. The fourth-order valence-corrected chi connectivity index (χ4v) is 3.09. The number of nitrogens with two attached hydrogens (primary N) is 1. The summed E-state index contributed by atoms with van der Waals surface area (Å²) in [5.74, 6) is 0.880. The first-order valence-electron chi connectivity index (χ1n) is 7.62. The molecule has 1 heterocycles. The largest absolute Gasteiger partial charge is 0.330 e. The van der Waals surface area contributed by atoms with Crippen LogP contribution in [0, 0.1) is 5.92 Å². The van der Waals surface area contributed by atoms with E-state index in [1.807, 2.05) is 0 Å². The Morgan fingerprint density at radius 1 is 1.21 bits per heavy atom. The number of hydrogen-bond acceptors (Lipinski definition) is 2. The van der Waals surface area contributed by atoms with E-state index in [9.17, 15) is 0 Å². The van der Waals surface area contributed by atoms with Crippen molar-refractivity contribution < 1.29 is 0 Å². The van der Waals surface area contributed by atoms with E-state index in [4.69, 9.17) is 5.73 Å². The Labute approximate surface area is 118 Å². The predicted molar refractivity (Wildman–Crippen MR) is 82.3 cm³/mol. The molecule has 2 N–H and O–H groups in total. The second-order valence-electron chi connectivity index (χ2n) is 6.44. The minimum Gasteiger partial charge on any atom is -0.330 e. The first-order chi connectivity index (χ1) is 9.14. The molecule has 19 heavy (non-hydrogen) atoms. The summed E-state index contributed by atoms with van der Waals surface area (Å²) in [6.45, 7) is 8.93. The molecule has 1 aliphatic heterocycles. The van der Waals surface area contributed by atoms with Gasteiger partial charge in [0.25, 0.3) is 0 Å². The van der Waals surface area contributed by atoms with Crippen molar-refractivity contribution in [2.45, 2.75) is 38.5 Å². The van der Waals surface area contributed by atoms with Gasteiger partial charge in [0.05, 0.1) is 0 Å². The van der Waals surface area contributed by atoms with Gasteiger partial charge in [0, 0.05) is 18.5 Å². The molecule has 0 amide bonds. The van der Waals surface area contributed by atoms with Crippen molar-refractivity contribution in [2.75, 3.05) is 26.2 Å². The Morgan fingerprint density at radius 2 is 1.95 bits per heavy atom. The number of rotatable bonds is 4. The Morgan fingerprint density at radius 3 is 2.63 bits per heavy atom. The van der Waals surface area contributed by atoms with Crippen LogP contribution in [0.5, 0.6) is 0 Å². The van der Waals surface area contributed by atoms with E-state index in [0.29, 0.717) is 6.54 Å². The number of likely N-dealkylation sites (tertiary alicyclic amines) is 1. The molecule has 106 valence electrons. The molecule has 0 spiro atoms. The zero-order valence-corrected chi connectivity index (χ0v) is 12.4. The molecule has 1 aromatic carbocycles. The maximum atomic E-state index is 6.10. The highest BCUT2D eigenvalue weighted by Crippen LogP contribution is 2.26. The molecular formula is C17H28N2. The van der Waals surface area contributed by atoms with Gasteiger partial charge in [-0.15, -0.1) is 0 Å². The summed E-state index contributed by atoms with van der Waals surface area (Å²) in [4.78, 5) is 2.61. The smallest absolute Gasteiger partial charge is 0.0174 e. The molecule has 0 radical (unpaired) electrons. The van der Waals surface area contributed by atoms with Crippen LogP contribution in [0.25, 0.3) is 0 Å². The van der Waals surface area contributed by atoms with E-state index in [-0.39, 0.29) is 5.41 Å². The second kappa shape index (κ2) is 6.53. The molecule has 2 rings (SSSR count). The van der Waals surface area contributed by atoms with Crippen molar-refractivity contribution >= 4 is 0 Å². The maximum Gasteiger partial charge on any atom is 0.0174 e. The summed E-state index contributed by atoms with van der Waals surface area (Å²) in [6.07, 6.45) is 4.03. The molecule has 0 aromatic heterocycles. The van der Waals surface area contributed by atoms with Crippen LogP contribution in [-0.2, 0) is 5.41 Å². The molecule has 0 bridgehead atoms. The maximum absolute atomic E-state index is 6.10. The Bertz CT molecular complexity index is 376. The summed E-state index contributed by atoms with van der Waals surface area (Å²) in [6, 6.07) is 10.7. The SMILES string of the molecule is CC1CCCN(CC(C)(CN)c2ccccc2)CC1. The van der Waals surface area contributed by atoms with E-state index in [1.165, 1.54) is 37.9 Å². The third-order valence-electron chi connectivity index (χ3n) is 4.60. The van der Waals surface area contributed by atoms with Gasteiger partial charge in [0.1, 0.15) is 0 Å². The molecular weight excluding hydrogens is 232 g/mol. The van der Waals surface area contributed by atoms with E-state index in [2.05, 4.69) is 49.1 Å². The molecule has 1 fully saturated rings. The molecule has 2 nitrogen and oxygen atoms in total. The fraction of sp³-hybridized carbons (Fsp3) is 0.647. The van der Waals surface area contributed by atoms with Crippen LogP contribution < -0.4 is 5.73 Å². The van der Waals surface area contributed by atoms with Crippen LogP contribution in [0.2, 0.25) is 0 Å². The van der Waals surface area contributed by atoms with Gasteiger partial charge in [0.15, 0.2) is 0 Å². The monoisotopic (exact) mass is 260 g/mol. The molecule has 0 aliphatic carbocycles. The minimum absolute atomic E-state index is 0.0782. The van der Waals surface area contributed by atoms with Crippen molar-refractivity contribution in [3.63, 3.8) is 0 Å². The zero-order chi connectivity index (χ0) is 13.7. The quantitative estimate of drug-likeness (QED) is 0.901. The molecule has 0 saturated carbocycles. The van der Waals surface area contributed by atoms with Crippen molar-refractivity contribution in [2.24, 2.45) is 11.7 Å². The third-order valence-corrected chi connectivity index (χ3v) is 4.60. The number of nitrogens with zero attached hydrogens (tertiary/aromatic N) is 1. The predicted octanol–water partition coefficient (Wildman–Crippen LogP) is 3.03. The summed E-state index contributed by atoms with van der Waals surface area (Å²) in [5.41, 5.74) is 7.54. The van der Waals surface area contributed by atoms with Crippen molar-refractivity contribution in [3.05, 3.63) is 35.9 Å². The Hall–Kier alpha value is -0.860. The Kier molecular flexibility index (Phi) is 5.00. The summed E-state index contributed by atoms with van der Waals surface area (Å²) in [5, 5.41) is 0. The van der Waals surface area contributed by atoms with Crippen molar-refractivity contribution in [1.82, 2.24) is 4.90 Å². The average Bonchev–Trinajstić information content (AvgIpc) is 2.64. The van der Waals surface area contributed by atoms with Crippen molar-refractivity contribution in [3.8, 4) is 0 Å². The molecule has 1 aromatic rings. The summed E-state index contributed by atoms with van der Waals surface area (Å²) >= 11 is 0. The molecule has 2 heteroatoms. The topological polar surface area (TPSA) is 29.3 Å². The van der Waals surface area contributed by atoms with E-state index in [1.54, 1.807) is 0 Å². The van der Waals surface area contributed by atoms with Gasteiger partial charge in [0.2, 0.25) is 0 Å². The van der Waals surface area contributed by atoms with Crippen LogP contribution >= 0.6 is 0 Å². The lowest BCUT2D eigenvalue weighted by molar-refractivity contribution is 0.222. The van der Waals surface area contributed by atoms with Gasteiger partial charge in [-0.25, -0.2) is 0 Å². The van der Waals surface area contributed by atoms with Crippen LogP contribution in [-0.4, -0.2) is 31.1 Å². The van der Waals surface area contributed by atoms with Gasteiger partial charge >= 0.3 is 0 Å². The number of benzene rings is 1. The molecule has 1 saturated heterocycles. The average molecular weight is 260 g/mol. The standard InChI is InChI=1S/C17H28N2/c1-15-7-6-11-19(12-10-15)14-17(2,13-18)16-8-4-3-5-9-16/h3-5,8-9,15H,6-7,10-14,18H2,1-2H3. The van der Waals surface area contributed by atoms with Crippen LogP contribution in [0.4, 0.5) is 0 Å². The van der Waals surface area contributed by atoms with Gasteiger partial charge in [-0.1, -0.05) is 44.2 Å². The Balaban J connectivity index is 2.06. The number of hydrogen-bond donors (Lipinski definition) is 1. The van der Waals surface area contributed by atoms with Crippen molar-refractivity contribution in [1.29, 1.82) is 0 Å². The van der Waals surface area contributed by atoms with Gasteiger partial charge in [-0.3, -0.25) is 0 Å². The first kappa shape index (κ1) is 14.5. The third kappa shape index (κ3) is 3.80. The first-order valence-corrected chi connectivity index (χ1v) is 7.62. The minimum atomic E-state index is 0.0782. The van der Waals surface area contributed by atoms with Gasteiger partial charge in [-0.2, -0.15) is 0 Å². The summed E-state index contributed by atoms with van der Waals surface area (Å²) < 4.78 is 0. The molecule has 1 aliphatic rings. The second-order valence-corrected chi connectivity index (χ2v) is 6.44. The lowest BCUT2D eigenvalue weighted by atomic mass is 9.82. The lowest BCUT2D eigenvalue weighted by Gasteiger charge is -2.34. The highest BCUT2D eigenvalue weighted by Gasteiger charge is 2.28. The lowest BCUT2D eigenvalue weighted by Crippen LogP contribution is -2.44. The van der Waals surface area contributed by atoms with Gasteiger partial charge < -0.3 is 10.6 Å². The highest BCUT2D eigenvalue weighted by atomic mass is 15.1. The molecule has 2 unspecified atom stereocenters. The van der Waals surface area contributed by atoms with E-state index >= 15 is 0 Å². The van der Waals surface area contributed by atoms with E-state index < -0.39 is 0 Å². The summed E-state index contributed by atoms with van der Waals surface area (Å²) in [7, 11) is 0. The van der Waals surface area contributed by atoms with Gasteiger partial charge in [-0.05, 0) is 43.8 Å². The molecule has 2 atom stereocenters. The highest BCUT2D eigenvalue weighted by molar-refractivity contribution is 5.25. The fourth-order valence-electron chi connectivity index (χ4n) is 3.09. The van der Waals surface area contributed by atoms with E-state index in [0.717, 1.165) is 12.5 Å². The van der Waals surface area contributed by atoms with Crippen LogP contribution in [0.15, 0.2) is 30.3 Å². The van der Waals surface area contributed by atoms with Crippen LogP contribution in [0.1, 0.15) is 38.7 Å².